The lowest BCUT2D eigenvalue weighted by Crippen LogP contribution is -2.09. The zero-order valence-corrected chi connectivity index (χ0v) is 10.2. The number of aryl methyl sites for hydroxylation is 1. The Balaban J connectivity index is 1.89. The van der Waals surface area contributed by atoms with Crippen molar-refractivity contribution in [2.24, 2.45) is 5.92 Å². The third kappa shape index (κ3) is 3.21. The summed E-state index contributed by atoms with van der Waals surface area (Å²) in [7, 11) is 0. The second kappa shape index (κ2) is 5.70. The second-order valence-electron chi connectivity index (χ2n) is 4.61. The van der Waals surface area contributed by atoms with E-state index < -0.39 is 0 Å². The molecule has 0 aromatic heterocycles. The highest BCUT2D eigenvalue weighted by Gasteiger charge is 2.14. The molecule has 0 saturated carbocycles. The van der Waals surface area contributed by atoms with E-state index in [4.69, 9.17) is 10.00 Å². The number of nitrogens with zero attached hydrogens (tertiary/aromatic N) is 1. The first kappa shape index (κ1) is 11.9. The second-order valence-corrected chi connectivity index (χ2v) is 4.61. The number of nitriles is 1. The van der Waals surface area contributed by atoms with Gasteiger partial charge in [-0.1, -0.05) is 6.07 Å². The molecule has 1 fully saturated rings. The average Bonchev–Trinajstić information content (AvgIpc) is 2.82. The minimum atomic E-state index is 0.679. The summed E-state index contributed by atoms with van der Waals surface area (Å²) in [5.74, 6) is 0.679. The highest BCUT2D eigenvalue weighted by atomic mass is 16.5. The van der Waals surface area contributed by atoms with Crippen LogP contribution in [0.1, 0.15) is 24.0 Å². The number of hydrogen-bond acceptors (Lipinski definition) is 3. The van der Waals surface area contributed by atoms with E-state index in [1.807, 2.05) is 25.1 Å². The first-order chi connectivity index (χ1) is 8.29. The Labute approximate surface area is 102 Å². The molecule has 3 heteroatoms. The summed E-state index contributed by atoms with van der Waals surface area (Å²) in [6, 6.07) is 8.08. The third-order valence-corrected chi connectivity index (χ3v) is 3.19. The van der Waals surface area contributed by atoms with Gasteiger partial charge in [-0.3, -0.25) is 0 Å². The Morgan fingerprint density at radius 3 is 3.12 bits per heavy atom. The lowest BCUT2D eigenvalue weighted by Gasteiger charge is -2.11. The lowest BCUT2D eigenvalue weighted by atomic mass is 10.0. The average molecular weight is 230 g/mol. The molecule has 1 atom stereocenters. The predicted octanol–water partition coefficient (Wildman–Crippen LogP) is 2.71. The molecule has 0 amide bonds. The van der Waals surface area contributed by atoms with Crippen LogP contribution in [0.2, 0.25) is 0 Å². The number of nitrogens with one attached hydrogen (secondary N) is 1. The highest BCUT2D eigenvalue weighted by molar-refractivity contribution is 5.58. The molecule has 1 saturated heterocycles. The van der Waals surface area contributed by atoms with Gasteiger partial charge < -0.3 is 10.1 Å². The summed E-state index contributed by atoms with van der Waals surface area (Å²) in [6.07, 6.45) is 2.28. The van der Waals surface area contributed by atoms with Crippen LogP contribution in [-0.4, -0.2) is 19.8 Å². The Morgan fingerprint density at radius 2 is 2.41 bits per heavy atom. The molecule has 0 spiro atoms. The molecule has 1 aliphatic rings. The molecule has 0 aliphatic carbocycles. The summed E-state index contributed by atoms with van der Waals surface area (Å²) in [4.78, 5) is 0. The van der Waals surface area contributed by atoms with Gasteiger partial charge in [0.15, 0.2) is 0 Å². The van der Waals surface area contributed by atoms with Crippen LogP contribution in [0, 0.1) is 24.2 Å². The molecule has 1 heterocycles. The molecule has 1 aromatic rings. The van der Waals surface area contributed by atoms with Crippen LogP contribution in [0.25, 0.3) is 0 Å². The Bertz CT molecular complexity index is 417. The molecule has 0 radical (unpaired) electrons. The molecule has 1 aliphatic heterocycles. The fourth-order valence-electron chi connectivity index (χ4n) is 2.12. The zero-order valence-electron chi connectivity index (χ0n) is 10.2. The highest BCUT2D eigenvalue weighted by Crippen LogP contribution is 2.19. The molecule has 1 N–H and O–H groups in total. The SMILES string of the molecule is Cc1ccc(C#N)c(NCCC2CCOC2)c1. The van der Waals surface area contributed by atoms with Gasteiger partial charge in [-0.15, -0.1) is 0 Å². The largest absolute Gasteiger partial charge is 0.384 e. The maximum Gasteiger partial charge on any atom is 0.101 e. The van der Waals surface area contributed by atoms with Crippen LogP contribution in [0.5, 0.6) is 0 Å². The van der Waals surface area contributed by atoms with Crippen LogP contribution in [-0.2, 0) is 4.74 Å². The first-order valence-electron chi connectivity index (χ1n) is 6.12. The van der Waals surface area contributed by atoms with Gasteiger partial charge in [0.2, 0.25) is 0 Å². The summed E-state index contributed by atoms with van der Waals surface area (Å²) in [6.45, 7) is 4.74. The predicted molar refractivity (Wildman–Crippen MR) is 67.9 cm³/mol. The summed E-state index contributed by atoms with van der Waals surface area (Å²) >= 11 is 0. The fraction of sp³-hybridized carbons (Fsp3) is 0.500. The molecule has 1 unspecified atom stereocenters. The number of benzene rings is 1. The first-order valence-corrected chi connectivity index (χ1v) is 6.12. The molecule has 2 rings (SSSR count). The number of rotatable bonds is 4. The topological polar surface area (TPSA) is 45.0 Å². The van der Waals surface area contributed by atoms with Crippen LogP contribution >= 0.6 is 0 Å². The van der Waals surface area contributed by atoms with E-state index in [1.165, 1.54) is 12.0 Å². The van der Waals surface area contributed by atoms with Gasteiger partial charge in [0, 0.05) is 19.8 Å². The van der Waals surface area contributed by atoms with Gasteiger partial charge in [-0.2, -0.15) is 5.26 Å². The minimum Gasteiger partial charge on any atom is -0.384 e. The maximum absolute atomic E-state index is 9.01. The van der Waals surface area contributed by atoms with E-state index in [-0.39, 0.29) is 0 Å². The van der Waals surface area contributed by atoms with E-state index in [2.05, 4.69) is 11.4 Å². The van der Waals surface area contributed by atoms with Crippen molar-refractivity contribution in [3.63, 3.8) is 0 Å². The van der Waals surface area contributed by atoms with Crippen molar-refractivity contribution in [1.29, 1.82) is 5.26 Å². The number of ether oxygens (including phenoxy) is 1. The Hall–Kier alpha value is -1.53. The van der Waals surface area contributed by atoms with Crippen molar-refractivity contribution >= 4 is 5.69 Å². The Kier molecular flexibility index (Phi) is 4.00. The van der Waals surface area contributed by atoms with E-state index in [9.17, 15) is 0 Å². The smallest absolute Gasteiger partial charge is 0.101 e. The van der Waals surface area contributed by atoms with Gasteiger partial charge in [-0.25, -0.2) is 0 Å². The lowest BCUT2D eigenvalue weighted by molar-refractivity contribution is 0.185. The number of anilines is 1. The van der Waals surface area contributed by atoms with Gasteiger partial charge in [-0.05, 0) is 43.4 Å². The molecule has 90 valence electrons. The van der Waals surface area contributed by atoms with Crippen molar-refractivity contribution in [1.82, 2.24) is 0 Å². The van der Waals surface area contributed by atoms with E-state index in [0.29, 0.717) is 5.92 Å². The Morgan fingerprint density at radius 1 is 1.53 bits per heavy atom. The summed E-state index contributed by atoms with van der Waals surface area (Å²) < 4.78 is 5.34. The molecule has 1 aromatic carbocycles. The quantitative estimate of drug-likeness (QED) is 0.865. The normalized spacial score (nSPS) is 18.9. The van der Waals surface area contributed by atoms with Crippen LogP contribution in [0.4, 0.5) is 5.69 Å². The van der Waals surface area contributed by atoms with Gasteiger partial charge >= 0.3 is 0 Å². The maximum atomic E-state index is 9.01. The molecule has 17 heavy (non-hydrogen) atoms. The van der Waals surface area contributed by atoms with Crippen molar-refractivity contribution in [3.05, 3.63) is 29.3 Å². The van der Waals surface area contributed by atoms with Crippen molar-refractivity contribution in [2.45, 2.75) is 19.8 Å². The van der Waals surface area contributed by atoms with Gasteiger partial charge in [0.05, 0.1) is 11.3 Å². The van der Waals surface area contributed by atoms with Crippen LogP contribution in [0.15, 0.2) is 18.2 Å². The summed E-state index contributed by atoms with van der Waals surface area (Å²) in [5.41, 5.74) is 2.85. The zero-order chi connectivity index (χ0) is 12.1. The minimum absolute atomic E-state index is 0.679. The fourth-order valence-corrected chi connectivity index (χ4v) is 2.12. The number of hydrogen-bond donors (Lipinski definition) is 1. The van der Waals surface area contributed by atoms with E-state index in [1.54, 1.807) is 0 Å². The molecule has 0 bridgehead atoms. The molecule has 3 nitrogen and oxygen atoms in total. The van der Waals surface area contributed by atoms with Crippen molar-refractivity contribution in [3.8, 4) is 6.07 Å². The van der Waals surface area contributed by atoms with Crippen molar-refractivity contribution in [2.75, 3.05) is 25.1 Å². The van der Waals surface area contributed by atoms with Gasteiger partial charge in [0.25, 0.3) is 0 Å². The van der Waals surface area contributed by atoms with E-state index in [0.717, 1.165) is 37.4 Å². The molecular weight excluding hydrogens is 212 g/mol. The van der Waals surface area contributed by atoms with Crippen LogP contribution in [0.3, 0.4) is 0 Å². The molecular formula is C14H18N2O. The van der Waals surface area contributed by atoms with Gasteiger partial charge in [0.1, 0.15) is 6.07 Å². The third-order valence-electron chi connectivity index (χ3n) is 3.19. The van der Waals surface area contributed by atoms with Crippen LogP contribution < -0.4 is 5.32 Å². The summed E-state index contributed by atoms with van der Waals surface area (Å²) in [5, 5.41) is 12.4. The monoisotopic (exact) mass is 230 g/mol. The van der Waals surface area contributed by atoms with Crippen molar-refractivity contribution < 1.29 is 4.74 Å². The van der Waals surface area contributed by atoms with E-state index >= 15 is 0 Å². The standard InChI is InChI=1S/C14H18N2O/c1-11-2-3-13(9-15)14(8-11)16-6-4-12-5-7-17-10-12/h2-3,8,12,16H,4-7,10H2,1H3.